The van der Waals surface area contributed by atoms with Gasteiger partial charge in [-0.2, -0.15) is 0 Å². The average molecular weight is 318 g/mol. The molecule has 3 rings (SSSR count). The lowest BCUT2D eigenvalue weighted by molar-refractivity contribution is -0.136. The van der Waals surface area contributed by atoms with Crippen molar-refractivity contribution >= 4 is 23.2 Å². The molecule has 0 aliphatic carbocycles. The number of thiophene rings is 1. The molecule has 116 valence electrons. The third-order valence-corrected chi connectivity index (χ3v) is 5.03. The summed E-state index contributed by atoms with van der Waals surface area (Å²) in [4.78, 5) is 29.2. The summed E-state index contributed by atoms with van der Waals surface area (Å²) in [6.07, 6.45) is 1.86. The van der Waals surface area contributed by atoms with Crippen LogP contribution >= 0.6 is 11.3 Å². The molecule has 0 bridgehead atoms. The minimum atomic E-state index is -0.337. The molecule has 2 atom stereocenters. The molecule has 5 nitrogen and oxygen atoms in total. The van der Waals surface area contributed by atoms with E-state index in [1.165, 1.54) is 0 Å². The summed E-state index contributed by atoms with van der Waals surface area (Å²) in [7, 11) is 3.52. The van der Waals surface area contributed by atoms with Gasteiger partial charge in [0, 0.05) is 25.4 Å². The molecule has 1 saturated heterocycles. The van der Waals surface area contributed by atoms with E-state index >= 15 is 0 Å². The van der Waals surface area contributed by atoms with E-state index in [1.54, 1.807) is 47.6 Å². The second-order valence-electron chi connectivity index (χ2n) is 5.55. The van der Waals surface area contributed by atoms with Crippen molar-refractivity contribution in [2.75, 3.05) is 14.1 Å². The molecule has 1 aliphatic heterocycles. The van der Waals surface area contributed by atoms with Gasteiger partial charge >= 0.3 is 0 Å². The molecule has 0 radical (unpaired) electrons. The lowest BCUT2D eigenvalue weighted by atomic mass is 9.97. The van der Waals surface area contributed by atoms with Crippen molar-refractivity contribution < 1.29 is 14.0 Å². The Balaban J connectivity index is 1.79. The first-order chi connectivity index (χ1) is 10.6. The summed E-state index contributed by atoms with van der Waals surface area (Å²) in [6, 6.07) is 7.41. The number of nitrogens with zero attached hydrogens (tertiary/aromatic N) is 2. The predicted molar refractivity (Wildman–Crippen MR) is 83.1 cm³/mol. The maximum atomic E-state index is 12.8. The third kappa shape index (κ3) is 2.66. The smallest absolute Gasteiger partial charge is 0.228 e. The molecule has 2 amide bonds. The summed E-state index contributed by atoms with van der Waals surface area (Å²) >= 11 is 1.58. The number of hydrogen-bond acceptors (Lipinski definition) is 4. The van der Waals surface area contributed by atoms with Crippen molar-refractivity contribution in [1.29, 1.82) is 0 Å². The number of furan rings is 1. The number of carbonyl (C=O) groups is 2. The standard InChI is InChI=1S/C16H18N2O3S/c1-17(10-11-5-3-7-21-11)16(20)12-9-14(19)18(2)15(12)13-6-4-8-22-13/h3-8,12,15H,9-10H2,1-2H3/t12-,15-/m1/s1. The van der Waals surface area contributed by atoms with E-state index in [1.807, 2.05) is 23.6 Å². The third-order valence-electron chi connectivity index (χ3n) is 4.09. The zero-order chi connectivity index (χ0) is 15.7. The molecule has 0 aromatic carbocycles. The summed E-state index contributed by atoms with van der Waals surface area (Å²) in [5.74, 6) is 0.396. The van der Waals surface area contributed by atoms with Gasteiger partial charge in [0.2, 0.25) is 11.8 Å². The maximum absolute atomic E-state index is 12.8. The van der Waals surface area contributed by atoms with E-state index in [-0.39, 0.29) is 30.2 Å². The van der Waals surface area contributed by atoms with E-state index in [4.69, 9.17) is 4.42 Å². The molecule has 1 aliphatic rings. The minimum Gasteiger partial charge on any atom is -0.467 e. The molecule has 22 heavy (non-hydrogen) atoms. The predicted octanol–water partition coefficient (Wildman–Crippen LogP) is 2.52. The SMILES string of the molecule is CN(Cc1ccco1)C(=O)[C@@H]1CC(=O)N(C)[C@H]1c1cccs1. The van der Waals surface area contributed by atoms with Gasteiger partial charge < -0.3 is 14.2 Å². The second kappa shape index (κ2) is 5.96. The van der Waals surface area contributed by atoms with Gasteiger partial charge in [0.25, 0.3) is 0 Å². The van der Waals surface area contributed by atoms with Crippen molar-refractivity contribution in [2.24, 2.45) is 5.92 Å². The average Bonchev–Trinajstić information content (AvgIpc) is 3.21. The fourth-order valence-corrected chi connectivity index (χ4v) is 3.87. The van der Waals surface area contributed by atoms with E-state index in [9.17, 15) is 9.59 Å². The summed E-state index contributed by atoms with van der Waals surface area (Å²) in [5, 5.41) is 1.97. The normalized spacial score (nSPS) is 21.4. The van der Waals surface area contributed by atoms with Crippen LogP contribution in [0.1, 0.15) is 23.1 Å². The van der Waals surface area contributed by atoms with Crippen molar-refractivity contribution in [3.8, 4) is 0 Å². The zero-order valence-corrected chi connectivity index (χ0v) is 13.4. The van der Waals surface area contributed by atoms with Crippen LogP contribution in [-0.2, 0) is 16.1 Å². The summed E-state index contributed by atoms with van der Waals surface area (Å²) < 4.78 is 5.29. The Labute approximate surface area is 133 Å². The Morgan fingerprint density at radius 2 is 2.27 bits per heavy atom. The Bertz CT molecular complexity index is 651. The number of rotatable bonds is 4. The van der Waals surface area contributed by atoms with E-state index < -0.39 is 0 Å². The topological polar surface area (TPSA) is 53.8 Å². The van der Waals surface area contributed by atoms with Crippen LogP contribution in [0.2, 0.25) is 0 Å². The van der Waals surface area contributed by atoms with Crippen LogP contribution in [0, 0.1) is 5.92 Å². The first kappa shape index (κ1) is 14.8. The van der Waals surface area contributed by atoms with E-state index in [2.05, 4.69) is 0 Å². The van der Waals surface area contributed by atoms with E-state index in [0.717, 1.165) is 10.6 Å². The van der Waals surface area contributed by atoms with Gasteiger partial charge in [0.05, 0.1) is 24.8 Å². The molecular formula is C16H18N2O3S. The monoisotopic (exact) mass is 318 g/mol. The number of amides is 2. The molecule has 1 fully saturated rings. The molecular weight excluding hydrogens is 300 g/mol. The Hall–Kier alpha value is -2.08. The van der Waals surface area contributed by atoms with Crippen LogP contribution in [0.25, 0.3) is 0 Å². The van der Waals surface area contributed by atoms with Gasteiger partial charge in [0.15, 0.2) is 0 Å². The van der Waals surface area contributed by atoms with Crippen molar-refractivity contribution in [3.63, 3.8) is 0 Å². The fraction of sp³-hybridized carbons (Fsp3) is 0.375. The largest absolute Gasteiger partial charge is 0.467 e. The van der Waals surface area contributed by atoms with Crippen LogP contribution in [0.4, 0.5) is 0 Å². The summed E-state index contributed by atoms with van der Waals surface area (Å²) in [5.41, 5.74) is 0. The number of hydrogen-bond donors (Lipinski definition) is 0. The van der Waals surface area contributed by atoms with Gasteiger partial charge in [-0.1, -0.05) is 6.07 Å². The van der Waals surface area contributed by atoms with Crippen LogP contribution in [0.3, 0.4) is 0 Å². The van der Waals surface area contributed by atoms with Crippen LogP contribution < -0.4 is 0 Å². The molecule has 0 unspecified atom stereocenters. The highest BCUT2D eigenvalue weighted by molar-refractivity contribution is 7.10. The van der Waals surface area contributed by atoms with Gasteiger partial charge in [0.1, 0.15) is 5.76 Å². The lowest BCUT2D eigenvalue weighted by Crippen LogP contribution is -2.35. The second-order valence-corrected chi connectivity index (χ2v) is 6.53. The lowest BCUT2D eigenvalue weighted by Gasteiger charge is -2.26. The van der Waals surface area contributed by atoms with Gasteiger partial charge in [-0.3, -0.25) is 9.59 Å². The van der Waals surface area contributed by atoms with Gasteiger partial charge in [-0.15, -0.1) is 11.3 Å². The van der Waals surface area contributed by atoms with Gasteiger partial charge in [-0.05, 0) is 23.6 Å². The minimum absolute atomic E-state index is 0.0168. The van der Waals surface area contributed by atoms with Crippen LogP contribution in [0.5, 0.6) is 0 Å². The first-order valence-electron chi connectivity index (χ1n) is 7.14. The highest BCUT2D eigenvalue weighted by Crippen LogP contribution is 2.39. The highest BCUT2D eigenvalue weighted by atomic mass is 32.1. The number of likely N-dealkylation sites (tertiary alicyclic amines) is 1. The van der Waals surface area contributed by atoms with Gasteiger partial charge in [-0.25, -0.2) is 0 Å². The molecule has 0 spiro atoms. The van der Waals surface area contributed by atoms with Crippen molar-refractivity contribution in [3.05, 3.63) is 46.5 Å². The Kier molecular flexibility index (Phi) is 4.02. The molecule has 3 heterocycles. The fourth-order valence-electron chi connectivity index (χ4n) is 2.94. The van der Waals surface area contributed by atoms with Crippen molar-refractivity contribution in [1.82, 2.24) is 9.80 Å². The van der Waals surface area contributed by atoms with E-state index in [0.29, 0.717) is 6.54 Å². The zero-order valence-electron chi connectivity index (χ0n) is 12.6. The molecule has 0 N–H and O–H groups in total. The molecule has 6 heteroatoms. The molecule has 2 aromatic rings. The molecule has 2 aromatic heterocycles. The maximum Gasteiger partial charge on any atom is 0.228 e. The number of carbonyl (C=O) groups excluding carboxylic acids is 2. The quantitative estimate of drug-likeness (QED) is 0.870. The van der Waals surface area contributed by atoms with Crippen LogP contribution in [-0.4, -0.2) is 35.7 Å². The highest BCUT2D eigenvalue weighted by Gasteiger charge is 2.44. The Morgan fingerprint density at radius 1 is 1.45 bits per heavy atom. The Morgan fingerprint density at radius 3 is 2.91 bits per heavy atom. The van der Waals surface area contributed by atoms with Crippen LogP contribution in [0.15, 0.2) is 40.3 Å². The summed E-state index contributed by atoms with van der Waals surface area (Å²) in [6.45, 7) is 0.414. The first-order valence-corrected chi connectivity index (χ1v) is 8.02. The van der Waals surface area contributed by atoms with Crippen molar-refractivity contribution in [2.45, 2.75) is 19.0 Å². The molecule has 0 saturated carbocycles.